The minimum Gasteiger partial charge on any atom is -0.479 e. The number of carbonyl (C=O) groups is 4. The summed E-state index contributed by atoms with van der Waals surface area (Å²) in [5, 5.41) is 31.3. The summed E-state index contributed by atoms with van der Waals surface area (Å²) in [4.78, 5) is 50.8. The lowest BCUT2D eigenvalue weighted by molar-refractivity contribution is -0.301. The zero-order valence-electron chi connectivity index (χ0n) is 41.9. The Morgan fingerprint density at radius 1 is 0.507 bits per heavy atom. The molecule has 1 heterocycles. The van der Waals surface area contributed by atoms with Crippen molar-refractivity contribution in [3.8, 4) is 0 Å². The molecule has 384 valence electrons. The third kappa shape index (κ3) is 34.4. The van der Waals surface area contributed by atoms with Crippen molar-refractivity contribution in [3.63, 3.8) is 0 Å². The van der Waals surface area contributed by atoms with Crippen LogP contribution < -0.4 is 0 Å². The van der Waals surface area contributed by atoms with Gasteiger partial charge < -0.3 is 39.0 Å². The van der Waals surface area contributed by atoms with Gasteiger partial charge in [-0.15, -0.1) is 0 Å². The average molecular weight is 945 g/mol. The number of hydrogen-bond acceptors (Lipinski definition) is 11. The first-order valence-electron chi connectivity index (χ1n) is 26.3. The van der Waals surface area contributed by atoms with E-state index in [1.54, 1.807) is 0 Å². The Hall–Kier alpha value is -3.58. The van der Waals surface area contributed by atoms with E-state index in [4.69, 9.17) is 23.7 Å². The fraction of sp³-hybridized carbons (Fsp3) is 0.745. The van der Waals surface area contributed by atoms with Crippen LogP contribution in [0.15, 0.2) is 60.8 Å². The summed E-state index contributed by atoms with van der Waals surface area (Å²) in [7, 11) is 0. The molecule has 12 heteroatoms. The van der Waals surface area contributed by atoms with Crippen LogP contribution in [0.4, 0.5) is 0 Å². The van der Waals surface area contributed by atoms with Crippen molar-refractivity contribution >= 4 is 23.9 Å². The molecule has 1 saturated heterocycles. The van der Waals surface area contributed by atoms with Crippen molar-refractivity contribution in [2.24, 2.45) is 0 Å². The Bertz CT molecular complexity index is 1400. The number of esters is 3. The zero-order valence-corrected chi connectivity index (χ0v) is 41.9. The second kappa shape index (κ2) is 43.7. The van der Waals surface area contributed by atoms with Gasteiger partial charge in [0.05, 0.1) is 6.61 Å². The van der Waals surface area contributed by atoms with Gasteiger partial charge in [-0.1, -0.05) is 178 Å². The summed E-state index contributed by atoms with van der Waals surface area (Å²) < 4.78 is 28.2. The quantitative estimate of drug-likeness (QED) is 0.0229. The topological polar surface area (TPSA) is 175 Å². The second-order valence-corrected chi connectivity index (χ2v) is 17.8. The van der Waals surface area contributed by atoms with E-state index in [0.29, 0.717) is 25.7 Å². The largest absolute Gasteiger partial charge is 0.479 e. The predicted octanol–water partition coefficient (Wildman–Crippen LogP) is 12.4. The molecule has 0 saturated carbocycles. The molecule has 6 atom stereocenters. The molecule has 0 aromatic heterocycles. The van der Waals surface area contributed by atoms with Crippen molar-refractivity contribution in [2.75, 3.05) is 13.2 Å². The van der Waals surface area contributed by atoms with Gasteiger partial charge in [0.15, 0.2) is 24.6 Å². The lowest BCUT2D eigenvalue weighted by Crippen LogP contribution is -2.61. The van der Waals surface area contributed by atoms with E-state index in [2.05, 4.69) is 81.5 Å². The Balaban J connectivity index is 2.76. The molecule has 0 aromatic carbocycles. The summed E-state index contributed by atoms with van der Waals surface area (Å²) in [5.41, 5.74) is 0. The maximum Gasteiger partial charge on any atom is 0.335 e. The van der Waals surface area contributed by atoms with Gasteiger partial charge in [0, 0.05) is 19.3 Å². The molecule has 3 N–H and O–H groups in total. The van der Waals surface area contributed by atoms with Gasteiger partial charge >= 0.3 is 23.9 Å². The zero-order chi connectivity index (χ0) is 49.0. The minimum absolute atomic E-state index is 0.00756. The average Bonchev–Trinajstić information content (AvgIpc) is 3.31. The Morgan fingerprint density at radius 3 is 1.52 bits per heavy atom. The summed E-state index contributed by atoms with van der Waals surface area (Å²) in [5.74, 6) is -3.19. The van der Waals surface area contributed by atoms with Gasteiger partial charge in [0.1, 0.15) is 18.8 Å². The normalized spacial score (nSPS) is 19.3. The number of aliphatic hydroxyl groups excluding tert-OH is 2. The van der Waals surface area contributed by atoms with Crippen LogP contribution in [0.1, 0.15) is 213 Å². The Kier molecular flexibility index (Phi) is 40.1. The third-order valence-electron chi connectivity index (χ3n) is 11.6. The number of hydrogen-bond donors (Lipinski definition) is 3. The van der Waals surface area contributed by atoms with E-state index in [1.807, 2.05) is 0 Å². The molecule has 6 unspecified atom stereocenters. The lowest BCUT2D eigenvalue weighted by Gasteiger charge is -2.40. The summed E-state index contributed by atoms with van der Waals surface area (Å²) in [6, 6.07) is 0. The maximum atomic E-state index is 13.0. The number of carboxylic acid groups (broad SMARTS) is 1. The van der Waals surface area contributed by atoms with E-state index >= 15 is 0 Å². The molecule has 1 rings (SSSR count). The predicted molar refractivity (Wildman–Crippen MR) is 266 cm³/mol. The number of carbonyl (C=O) groups excluding carboxylic acids is 3. The second-order valence-electron chi connectivity index (χ2n) is 17.8. The molecule has 0 radical (unpaired) electrons. The van der Waals surface area contributed by atoms with Crippen LogP contribution in [0.25, 0.3) is 0 Å². The highest BCUT2D eigenvalue weighted by atomic mass is 16.7. The van der Waals surface area contributed by atoms with E-state index in [9.17, 15) is 34.5 Å². The fourth-order valence-electron chi connectivity index (χ4n) is 7.51. The van der Waals surface area contributed by atoms with Gasteiger partial charge in [-0.05, 0) is 77.0 Å². The number of allylic oxidation sites excluding steroid dienone is 10. The first-order valence-corrected chi connectivity index (χ1v) is 26.3. The van der Waals surface area contributed by atoms with E-state index in [0.717, 1.165) is 89.9 Å². The van der Waals surface area contributed by atoms with Gasteiger partial charge in [0.2, 0.25) is 0 Å². The lowest BCUT2D eigenvalue weighted by atomic mass is 9.98. The van der Waals surface area contributed by atoms with Gasteiger partial charge in [-0.25, -0.2) is 4.79 Å². The summed E-state index contributed by atoms with van der Waals surface area (Å²) in [6.45, 7) is 5.78. The molecular formula is C55H92O12. The third-order valence-corrected chi connectivity index (χ3v) is 11.6. The van der Waals surface area contributed by atoms with Crippen LogP contribution in [0.3, 0.4) is 0 Å². The molecule has 0 spiro atoms. The van der Waals surface area contributed by atoms with Gasteiger partial charge in [0.25, 0.3) is 0 Å². The van der Waals surface area contributed by atoms with Crippen molar-refractivity contribution in [3.05, 3.63) is 60.8 Å². The molecule has 0 aliphatic carbocycles. The van der Waals surface area contributed by atoms with Crippen LogP contribution >= 0.6 is 0 Å². The molecule has 67 heavy (non-hydrogen) atoms. The highest BCUT2D eigenvalue weighted by Gasteiger charge is 2.50. The molecule has 1 aliphatic heterocycles. The maximum absolute atomic E-state index is 13.0. The number of carboxylic acids is 1. The number of unbranched alkanes of at least 4 members (excludes halogenated alkanes) is 19. The van der Waals surface area contributed by atoms with Crippen LogP contribution in [-0.2, 0) is 42.9 Å². The van der Waals surface area contributed by atoms with Crippen molar-refractivity contribution < 1.29 is 58.2 Å². The van der Waals surface area contributed by atoms with Gasteiger partial charge in [-0.3, -0.25) is 14.4 Å². The van der Waals surface area contributed by atoms with E-state index in [-0.39, 0.29) is 25.9 Å². The number of ether oxygens (including phenoxy) is 5. The minimum atomic E-state index is -1.92. The first-order chi connectivity index (χ1) is 32.6. The standard InChI is InChI=1S/C55H92O12/c1-4-7-10-13-16-19-22-23-24-25-28-31-34-37-40-43-49(58)66-53-51(60)50(59)52(54(61)62)67-55(53)64-45-46(65-48(57)42-39-36-33-30-27-21-18-15-12-9-6-3)44-63-47(56)41-38-35-32-29-26-20-17-14-11-8-5-2/h7,10,14,16-17,19,23-24,28,31,46,50-53,55,59-60H,4-6,8-9,11-13,15,18,20-22,25-27,29-30,32-45H2,1-3H3,(H,61,62)/b10-7-,17-14-,19-16-,24-23-,31-28-. The van der Waals surface area contributed by atoms with E-state index < -0.39 is 67.3 Å². The summed E-state index contributed by atoms with van der Waals surface area (Å²) in [6.07, 6.45) is 39.3. The molecule has 12 nitrogen and oxygen atoms in total. The van der Waals surface area contributed by atoms with Crippen LogP contribution in [0.2, 0.25) is 0 Å². The van der Waals surface area contributed by atoms with Crippen LogP contribution in [0, 0.1) is 0 Å². The first kappa shape index (κ1) is 61.4. The monoisotopic (exact) mass is 945 g/mol. The van der Waals surface area contributed by atoms with Gasteiger partial charge in [-0.2, -0.15) is 0 Å². The molecular weight excluding hydrogens is 853 g/mol. The Labute approximate surface area is 405 Å². The fourth-order valence-corrected chi connectivity index (χ4v) is 7.51. The van der Waals surface area contributed by atoms with Crippen LogP contribution in [0.5, 0.6) is 0 Å². The molecule has 0 bridgehead atoms. The van der Waals surface area contributed by atoms with E-state index in [1.165, 1.54) is 57.8 Å². The SMILES string of the molecule is CC/C=C\C/C=C\C/C=C\C/C=C\CCCCC(=O)OC1C(OCC(COC(=O)CCCCCCC/C=C\CCCC)OC(=O)CCCCCCCCCCCCC)OC(C(=O)O)C(O)C1O. The molecule has 1 fully saturated rings. The smallest absolute Gasteiger partial charge is 0.335 e. The number of aliphatic hydroxyl groups is 2. The number of aliphatic carboxylic acids is 1. The molecule has 1 aliphatic rings. The summed E-state index contributed by atoms with van der Waals surface area (Å²) >= 11 is 0. The molecule has 0 amide bonds. The Morgan fingerprint density at radius 2 is 0.955 bits per heavy atom. The van der Waals surface area contributed by atoms with Crippen LogP contribution in [-0.4, -0.2) is 89.2 Å². The number of rotatable bonds is 43. The van der Waals surface area contributed by atoms with Crippen molar-refractivity contribution in [2.45, 2.75) is 250 Å². The van der Waals surface area contributed by atoms with Crippen molar-refractivity contribution in [1.82, 2.24) is 0 Å². The highest BCUT2D eigenvalue weighted by molar-refractivity contribution is 5.74. The highest BCUT2D eigenvalue weighted by Crippen LogP contribution is 2.26. The molecule has 0 aromatic rings. The van der Waals surface area contributed by atoms with Crippen molar-refractivity contribution in [1.29, 1.82) is 0 Å².